The van der Waals surface area contributed by atoms with Crippen molar-refractivity contribution in [3.8, 4) is 67.4 Å². The van der Waals surface area contributed by atoms with Crippen LogP contribution < -0.4 is 34.4 Å². The van der Waals surface area contributed by atoms with E-state index >= 15 is 0 Å². The van der Waals surface area contributed by atoms with Gasteiger partial charge in [-0.25, -0.2) is 28.1 Å². The molecule has 448 valence electrons. The fourth-order valence-electron chi connectivity index (χ4n) is 8.62. The zero-order valence-corrected chi connectivity index (χ0v) is 50.0. The van der Waals surface area contributed by atoms with Crippen molar-refractivity contribution in [2.75, 3.05) is 47.5 Å². The van der Waals surface area contributed by atoms with Crippen LogP contribution in [0.1, 0.15) is 23.4 Å². The second-order valence-electron chi connectivity index (χ2n) is 19.5. The van der Waals surface area contributed by atoms with Gasteiger partial charge in [-0.1, -0.05) is 12.1 Å². The molecule has 11 aromatic heterocycles. The number of benzene rings is 1. The lowest BCUT2D eigenvalue weighted by Crippen LogP contribution is -2.41. The second-order valence-corrected chi connectivity index (χ2v) is 21.4. The number of aryl methyl sites for hydroxylation is 6. The molecule has 1 saturated heterocycles. The molecule has 12 aromatic rings. The van der Waals surface area contributed by atoms with E-state index in [1.54, 1.807) is 131 Å². The fourth-order valence-corrected chi connectivity index (χ4v) is 10.1. The van der Waals surface area contributed by atoms with Crippen LogP contribution in [0.25, 0.3) is 67.4 Å². The number of nitrogens with zero attached hydrogens (tertiary/aromatic N) is 18. The number of nitrogen functional groups attached to an aromatic ring is 6. The number of hydrogen-bond acceptors (Lipinski definition) is 22. The quantitative estimate of drug-likeness (QED) is 0.0858. The molecule has 12 heterocycles. The van der Waals surface area contributed by atoms with Crippen LogP contribution >= 0.6 is 0 Å². The Labute approximate surface area is 508 Å². The van der Waals surface area contributed by atoms with Crippen LogP contribution in [0.5, 0.6) is 0 Å². The van der Waals surface area contributed by atoms with Crippen molar-refractivity contribution in [3.05, 3.63) is 202 Å². The molecule has 1 aliphatic rings. The van der Waals surface area contributed by atoms with Gasteiger partial charge < -0.3 is 34.4 Å². The first-order valence-electron chi connectivity index (χ1n) is 27.1. The van der Waals surface area contributed by atoms with Crippen molar-refractivity contribution in [3.63, 3.8) is 0 Å². The highest BCUT2D eigenvalue weighted by molar-refractivity contribution is 7.89. The van der Waals surface area contributed by atoms with Gasteiger partial charge in [0.25, 0.3) is 0 Å². The number of nitrogens with two attached hydrogens (primary N) is 6. The normalized spacial score (nSPS) is 11.5. The summed E-state index contributed by atoms with van der Waals surface area (Å²) in [4.78, 5) is 44.5. The molecular formula is C61H66N24O2S. The van der Waals surface area contributed by atoms with E-state index in [2.05, 4.69) is 70.1 Å². The van der Waals surface area contributed by atoms with E-state index in [1.807, 2.05) is 96.8 Å². The molecule has 0 spiro atoms. The van der Waals surface area contributed by atoms with Crippen molar-refractivity contribution in [1.82, 2.24) is 88.5 Å². The summed E-state index contributed by atoms with van der Waals surface area (Å²) in [5, 5.41) is 12.5. The van der Waals surface area contributed by atoms with E-state index < -0.39 is 10.0 Å². The zero-order chi connectivity index (χ0) is 62.7. The average molecular weight is 1200 g/mol. The van der Waals surface area contributed by atoms with E-state index in [9.17, 15) is 8.42 Å². The van der Waals surface area contributed by atoms with Gasteiger partial charge in [-0.15, -0.1) is 0 Å². The number of anilines is 6. The summed E-state index contributed by atoms with van der Waals surface area (Å²) in [7, 11) is 2.27. The van der Waals surface area contributed by atoms with Crippen LogP contribution in [-0.4, -0.2) is 110 Å². The highest BCUT2D eigenvalue weighted by Crippen LogP contribution is 2.30. The summed E-state index contributed by atoms with van der Waals surface area (Å²) in [6, 6.07) is 19.8. The predicted octanol–water partition coefficient (Wildman–Crippen LogP) is 7.48. The molecule has 0 aliphatic carbocycles. The third kappa shape index (κ3) is 15.8. The molecule has 1 aliphatic heterocycles. The standard InChI is InChI=1S/C14H15N3O2S.C10H12N4.2C10H10N4.C9H10N4.C8H9N5/c15-14-10-16-7-6-13(14)11-2-4-12(5-3-11)20(18,19)17-8-1-9-17;1-7-9(6-14(2)13-7)8-3-4-12-5-10(8)11;1-7-4-13-6-14-10(7)8-2-3-12-5-9(8)11;1-7-10(14-5-4-13-7)8-2-3-12-6-9(8)11;1-13-5-3-9(12-13)7-2-4-11-6-8(7)10;1-13-8(11-5-12-13)6-2-3-10-4-7(6)9/h2-7,10H,1,8-9,15H2;3-6H,11H2,1-2H3;2*2-6H,11H2,1H3;2-6H,10H2,1H3;2-5H,9H2,1H3. The first-order chi connectivity index (χ1) is 42.4. The van der Waals surface area contributed by atoms with Crippen LogP contribution in [0.3, 0.4) is 0 Å². The first-order valence-corrected chi connectivity index (χ1v) is 28.5. The molecule has 0 radical (unpaired) electrons. The van der Waals surface area contributed by atoms with E-state index in [0.717, 1.165) is 90.8 Å². The maximum Gasteiger partial charge on any atom is 0.243 e. The molecule has 26 nitrogen and oxygen atoms in total. The maximum atomic E-state index is 12.2. The Morgan fingerprint density at radius 2 is 0.932 bits per heavy atom. The van der Waals surface area contributed by atoms with Crippen molar-refractivity contribution < 1.29 is 8.42 Å². The van der Waals surface area contributed by atoms with Gasteiger partial charge >= 0.3 is 0 Å². The monoisotopic (exact) mass is 1200 g/mol. The number of pyridine rings is 6. The van der Waals surface area contributed by atoms with Gasteiger partial charge in [0.05, 0.1) is 105 Å². The molecule has 0 bridgehead atoms. The minimum absolute atomic E-state index is 0.327. The summed E-state index contributed by atoms with van der Waals surface area (Å²) in [6.07, 6.45) is 32.8. The Balaban J connectivity index is 0.000000138. The summed E-state index contributed by atoms with van der Waals surface area (Å²) >= 11 is 0. The molecule has 0 saturated carbocycles. The molecule has 1 aromatic carbocycles. The summed E-state index contributed by atoms with van der Waals surface area (Å²) in [5.74, 6) is 0.750. The zero-order valence-electron chi connectivity index (χ0n) is 49.2. The van der Waals surface area contributed by atoms with Crippen molar-refractivity contribution in [2.45, 2.75) is 32.1 Å². The van der Waals surface area contributed by atoms with E-state index in [-0.39, 0.29) is 0 Å². The van der Waals surface area contributed by atoms with Gasteiger partial charge in [-0.05, 0) is 92.9 Å². The van der Waals surface area contributed by atoms with Gasteiger partial charge in [-0.3, -0.25) is 49.2 Å². The van der Waals surface area contributed by atoms with Crippen LogP contribution in [0, 0.1) is 20.8 Å². The topological polar surface area (TPSA) is 389 Å². The number of sulfonamides is 1. The van der Waals surface area contributed by atoms with Crippen molar-refractivity contribution in [2.24, 2.45) is 21.1 Å². The lowest BCUT2D eigenvalue weighted by molar-refractivity contribution is 0.309. The molecule has 1 fully saturated rings. The number of rotatable bonds is 8. The predicted molar refractivity (Wildman–Crippen MR) is 341 cm³/mol. The Hall–Kier alpha value is -11.5. The van der Waals surface area contributed by atoms with E-state index in [4.69, 9.17) is 34.4 Å². The Morgan fingerprint density at radius 3 is 1.38 bits per heavy atom. The molecule has 88 heavy (non-hydrogen) atoms. The van der Waals surface area contributed by atoms with Gasteiger partial charge in [0.1, 0.15) is 12.7 Å². The van der Waals surface area contributed by atoms with Gasteiger partial charge in [0, 0.05) is 141 Å². The average Bonchev–Trinajstić information content (AvgIpc) is 2.68. The van der Waals surface area contributed by atoms with Gasteiger partial charge in [-0.2, -0.15) is 19.6 Å². The maximum absolute atomic E-state index is 12.2. The minimum Gasteiger partial charge on any atom is -0.397 e. The van der Waals surface area contributed by atoms with Gasteiger partial charge in [0.15, 0.2) is 5.82 Å². The smallest absolute Gasteiger partial charge is 0.243 e. The fraction of sp³-hybridized carbons (Fsp3) is 0.148. The van der Waals surface area contributed by atoms with Gasteiger partial charge in [0.2, 0.25) is 10.0 Å². The Morgan fingerprint density at radius 1 is 0.432 bits per heavy atom. The highest BCUT2D eigenvalue weighted by atomic mass is 32.2. The van der Waals surface area contributed by atoms with Crippen LogP contribution in [0.2, 0.25) is 0 Å². The SMILES string of the molecule is Cc1cncnc1-c1ccncc1N.Cc1nccnc1-c1ccncc1N.Cc1nn(C)cc1-c1ccncc1N.Cn1ccc(-c2ccncc2N)n1.Cn1ncnc1-c1ccncc1N.Nc1cnccc1-c1ccc(S(=O)(=O)N2CCC2)cc1. The number of aromatic nitrogens is 17. The molecule has 0 atom stereocenters. The molecule has 13 rings (SSSR count). The number of hydrogen-bond donors (Lipinski definition) is 6. The summed E-state index contributed by atoms with van der Waals surface area (Å²) in [6.45, 7) is 7.05. The molecule has 0 amide bonds. The largest absolute Gasteiger partial charge is 0.397 e. The third-order valence-corrected chi connectivity index (χ3v) is 15.2. The lowest BCUT2D eigenvalue weighted by Gasteiger charge is -2.29. The summed E-state index contributed by atoms with van der Waals surface area (Å²) < 4.78 is 31.1. The third-order valence-electron chi connectivity index (χ3n) is 13.3. The van der Waals surface area contributed by atoms with Crippen LogP contribution in [0.4, 0.5) is 34.1 Å². The highest BCUT2D eigenvalue weighted by Gasteiger charge is 2.29. The molecule has 0 unspecified atom stereocenters. The molecule has 27 heteroatoms. The van der Waals surface area contributed by atoms with Crippen molar-refractivity contribution in [1.29, 1.82) is 0 Å². The molecule has 12 N–H and O–H groups in total. The lowest BCUT2D eigenvalue weighted by atomic mass is 10.1. The van der Waals surface area contributed by atoms with Crippen LogP contribution in [-0.2, 0) is 31.2 Å². The van der Waals surface area contributed by atoms with E-state index in [1.165, 1.54) is 17.0 Å². The molecular weight excluding hydrogens is 1130 g/mol. The summed E-state index contributed by atoms with van der Waals surface area (Å²) in [5.41, 5.74) is 51.3. The Kier molecular flexibility index (Phi) is 20.9. The van der Waals surface area contributed by atoms with E-state index in [0.29, 0.717) is 52.1 Å². The first kappa shape index (κ1) is 62.6. The second kappa shape index (κ2) is 29.4. The Bertz CT molecular complexity index is 4180. The van der Waals surface area contributed by atoms with Crippen LogP contribution in [0.15, 0.2) is 190 Å². The minimum atomic E-state index is -3.32. The van der Waals surface area contributed by atoms with Crippen molar-refractivity contribution >= 4 is 44.1 Å².